The number of aromatic nitrogens is 1. The van der Waals surface area contributed by atoms with E-state index in [0.29, 0.717) is 11.3 Å². The average Bonchev–Trinajstić information content (AvgIpc) is 3.27. The van der Waals surface area contributed by atoms with Crippen LogP contribution in [0, 0.1) is 0 Å². The maximum Gasteiger partial charge on any atom is 0.303 e. The van der Waals surface area contributed by atoms with Gasteiger partial charge in [0, 0.05) is 29.2 Å². The Kier molecular flexibility index (Phi) is 7.60. The van der Waals surface area contributed by atoms with Crippen molar-refractivity contribution in [2.45, 2.75) is 44.7 Å². The van der Waals surface area contributed by atoms with Crippen molar-refractivity contribution >= 4 is 29.1 Å². The zero-order chi connectivity index (χ0) is 24.0. The van der Waals surface area contributed by atoms with Gasteiger partial charge in [0.05, 0.1) is 4.88 Å². The molecule has 0 bridgehead atoms. The van der Waals surface area contributed by atoms with Crippen LogP contribution in [0.25, 0.3) is 10.4 Å². The number of benzene rings is 1. The summed E-state index contributed by atoms with van der Waals surface area (Å²) in [5.41, 5.74) is 6.81. The maximum atomic E-state index is 13.8. The van der Waals surface area contributed by atoms with Crippen molar-refractivity contribution in [3.63, 3.8) is 0 Å². The molecule has 3 aromatic rings. The summed E-state index contributed by atoms with van der Waals surface area (Å²) in [5.74, 6) is -2.13. The summed E-state index contributed by atoms with van der Waals surface area (Å²) in [6.07, 6.45) is 3.50. The third-order valence-corrected chi connectivity index (χ3v) is 6.53. The predicted molar refractivity (Wildman–Crippen MR) is 128 cm³/mol. The molecule has 2 aromatic heterocycles. The number of carboxylic acid groups (broad SMARTS) is 1. The molecule has 1 unspecified atom stereocenters. The molecule has 0 saturated carbocycles. The summed E-state index contributed by atoms with van der Waals surface area (Å²) in [5, 5.41) is 9.19. The highest BCUT2D eigenvalue weighted by molar-refractivity contribution is 7.17. The van der Waals surface area contributed by atoms with E-state index < -0.39 is 23.5 Å². The molecular formula is C25H27N3O4S. The monoisotopic (exact) mass is 465 g/mol. The van der Waals surface area contributed by atoms with Crippen LogP contribution in [0.4, 0.5) is 0 Å². The van der Waals surface area contributed by atoms with Crippen LogP contribution >= 0.6 is 11.3 Å². The number of hydrogen-bond donors (Lipinski definition) is 2. The van der Waals surface area contributed by atoms with E-state index in [1.54, 1.807) is 18.5 Å². The molecule has 8 heteroatoms. The first-order chi connectivity index (χ1) is 15.7. The number of rotatable bonds is 10. The smallest absolute Gasteiger partial charge is 0.303 e. The van der Waals surface area contributed by atoms with E-state index in [1.165, 1.54) is 16.2 Å². The SMILES string of the molecule is CC(C)(Cc1ccccc1)N(C(=O)c1ccc(-c2ccncc2)s1)C(CCC(=O)O)C(N)=O. The lowest BCUT2D eigenvalue weighted by Crippen LogP contribution is -2.58. The van der Waals surface area contributed by atoms with E-state index in [0.717, 1.165) is 16.0 Å². The number of aliphatic carboxylic acids is 1. The first-order valence-electron chi connectivity index (χ1n) is 10.6. The fourth-order valence-corrected chi connectivity index (χ4v) is 4.87. The number of carbonyl (C=O) groups excluding carboxylic acids is 2. The number of amides is 2. The second-order valence-electron chi connectivity index (χ2n) is 8.40. The van der Waals surface area contributed by atoms with Crippen LogP contribution in [0.15, 0.2) is 67.0 Å². The average molecular weight is 466 g/mol. The molecule has 172 valence electrons. The second-order valence-corrected chi connectivity index (χ2v) is 9.48. The van der Waals surface area contributed by atoms with Crippen LogP contribution < -0.4 is 5.73 Å². The summed E-state index contributed by atoms with van der Waals surface area (Å²) in [7, 11) is 0. The Morgan fingerprint density at radius 2 is 1.73 bits per heavy atom. The van der Waals surface area contributed by atoms with Gasteiger partial charge in [-0.2, -0.15) is 0 Å². The fraction of sp³-hybridized carbons (Fsp3) is 0.280. The van der Waals surface area contributed by atoms with Gasteiger partial charge in [0.15, 0.2) is 0 Å². The van der Waals surface area contributed by atoms with Crippen LogP contribution in [0.3, 0.4) is 0 Å². The number of nitrogens with zero attached hydrogens (tertiary/aromatic N) is 2. The van der Waals surface area contributed by atoms with Crippen molar-refractivity contribution in [2.24, 2.45) is 5.73 Å². The van der Waals surface area contributed by atoms with E-state index in [1.807, 2.05) is 62.4 Å². The molecule has 0 aliphatic rings. The van der Waals surface area contributed by atoms with Gasteiger partial charge in [0.2, 0.25) is 5.91 Å². The molecule has 3 rings (SSSR count). The molecule has 0 radical (unpaired) electrons. The number of primary amides is 1. The molecule has 0 saturated heterocycles. The third-order valence-electron chi connectivity index (χ3n) is 5.40. The van der Waals surface area contributed by atoms with E-state index in [9.17, 15) is 19.5 Å². The fourth-order valence-electron chi connectivity index (χ4n) is 3.92. The van der Waals surface area contributed by atoms with Crippen LogP contribution in [0.5, 0.6) is 0 Å². The van der Waals surface area contributed by atoms with Gasteiger partial charge in [-0.25, -0.2) is 0 Å². The van der Waals surface area contributed by atoms with E-state index in [4.69, 9.17) is 5.73 Å². The second kappa shape index (κ2) is 10.4. The quantitative estimate of drug-likeness (QED) is 0.470. The molecule has 0 aliphatic heterocycles. The molecule has 0 aliphatic carbocycles. The summed E-state index contributed by atoms with van der Waals surface area (Å²) in [6, 6.07) is 15.9. The number of hydrogen-bond acceptors (Lipinski definition) is 5. The maximum absolute atomic E-state index is 13.8. The summed E-state index contributed by atoms with van der Waals surface area (Å²) < 4.78 is 0. The van der Waals surface area contributed by atoms with E-state index >= 15 is 0 Å². The Hall–Kier alpha value is -3.52. The number of carboxylic acids is 1. The molecule has 2 amide bonds. The molecule has 33 heavy (non-hydrogen) atoms. The molecule has 2 heterocycles. The molecular weight excluding hydrogens is 438 g/mol. The lowest BCUT2D eigenvalue weighted by atomic mass is 9.90. The van der Waals surface area contributed by atoms with Crippen molar-refractivity contribution in [2.75, 3.05) is 0 Å². The minimum absolute atomic E-state index is 0.0583. The zero-order valence-corrected chi connectivity index (χ0v) is 19.4. The lowest BCUT2D eigenvalue weighted by Gasteiger charge is -2.42. The number of pyridine rings is 1. The third kappa shape index (κ3) is 6.04. The summed E-state index contributed by atoms with van der Waals surface area (Å²) in [6.45, 7) is 3.73. The van der Waals surface area contributed by atoms with Crippen molar-refractivity contribution in [1.29, 1.82) is 0 Å². The molecule has 0 fully saturated rings. The highest BCUT2D eigenvalue weighted by Gasteiger charge is 2.40. The van der Waals surface area contributed by atoms with Gasteiger partial charge in [-0.05, 0) is 62.1 Å². The van der Waals surface area contributed by atoms with Gasteiger partial charge >= 0.3 is 5.97 Å². The summed E-state index contributed by atoms with van der Waals surface area (Å²) >= 11 is 1.31. The van der Waals surface area contributed by atoms with Crippen molar-refractivity contribution in [3.8, 4) is 10.4 Å². The largest absolute Gasteiger partial charge is 0.481 e. The Morgan fingerprint density at radius 1 is 1.06 bits per heavy atom. The first kappa shape index (κ1) is 24.1. The zero-order valence-electron chi connectivity index (χ0n) is 18.6. The molecule has 7 nitrogen and oxygen atoms in total. The molecule has 1 atom stereocenters. The predicted octanol–water partition coefficient (Wildman–Crippen LogP) is 3.99. The van der Waals surface area contributed by atoms with Crippen molar-refractivity contribution in [1.82, 2.24) is 9.88 Å². The Bertz CT molecular complexity index is 1110. The van der Waals surface area contributed by atoms with Crippen molar-refractivity contribution < 1.29 is 19.5 Å². The molecule has 3 N–H and O–H groups in total. The van der Waals surface area contributed by atoms with E-state index in [-0.39, 0.29) is 18.7 Å². The van der Waals surface area contributed by atoms with Gasteiger partial charge in [-0.15, -0.1) is 11.3 Å². The van der Waals surface area contributed by atoms with E-state index in [2.05, 4.69) is 4.98 Å². The van der Waals surface area contributed by atoms with Crippen LogP contribution in [-0.2, 0) is 16.0 Å². The van der Waals surface area contributed by atoms with Crippen molar-refractivity contribution in [3.05, 3.63) is 77.4 Å². The molecule has 1 aromatic carbocycles. The number of thiophene rings is 1. The standard InChI is InChI=1S/C25H27N3O4S/c1-25(2,16-17-6-4-3-5-7-17)28(19(23(26)31)8-11-22(29)30)24(32)21-10-9-20(33-21)18-12-14-27-15-13-18/h3-7,9-10,12-15,19H,8,11,16H2,1-2H3,(H2,26,31)(H,29,30). The van der Waals surface area contributed by atoms with Crippen LogP contribution in [0.2, 0.25) is 0 Å². The van der Waals surface area contributed by atoms with Gasteiger partial charge in [-0.3, -0.25) is 19.4 Å². The van der Waals surface area contributed by atoms with Gasteiger partial charge < -0.3 is 15.7 Å². The Labute approximate surface area is 196 Å². The topological polar surface area (TPSA) is 114 Å². The lowest BCUT2D eigenvalue weighted by molar-refractivity contribution is -0.137. The Balaban J connectivity index is 1.99. The highest BCUT2D eigenvalue weighted by atomic mass is 32.1. The van der Waals surface area contributed by atoms with Gasteiger partial charge in [-0.1, -0.05) is 30.3 Å². The normalized spacial score (nSPS) is 12.2. The summed E-state index contributed by atoms with van der Waals surface area (Å²) in [4.78, 5) is 44.3. The first-order valence-corrected chi connectivity index (χ1v) is 11.4. The van der Waals surface area contributed by atoms with Gasteiger partial charge in [0.1, 0.15) is 6.04 Å². The number of nitrogens with two attached hydrogens (primary N) is 1. The van der Waals surface area contributed by atoms with Crippen LogP contribution in [0.1, 0.15) is 41.9 Å². The molecule has 0 spiro atoms. The van der Waals surface area contributed by atoms with Gasteiger partial charge in [0.25, 0.3) is 5.91 Å². The highest BCUT2D eigenvalue weighted by Crippen LogP contribution is 2.32. The number of carbonyl (C=O) groups is 3. The Morgan fingerprint density at radius 3 is 2.33 bits per heavy atom. The van der Waals surface area contributed by atoms with Crippen LogP contribution in [-0.4, -0.2) is 44.4 Å². The minimum Gasteiger partial charge on any atom is -0.481 e. The minimum atomic E-state index is -1.06.